The second-order valence-corrected chi connectivity index (χ2v) is 5.63. The number of amides is 2. The number of nitrogens with zero attached hydrogens (tertiary/aromatic N) is 1. The van der Waals surface area contributed by atoms with Gasteiger partial charge in [0.15, 0.2) is 0 Å². The highest BCUT2D eigenvalue weighted by molar-refractivity contribution is 6.02. The first-order valence-corrected chi connectivity index (χ1v) is 7.77. The van der Waals surface area contributed by atoms with Crippen LogP contribution in [0.2, 0.25) is 0 Å². The Bertz CT molecular complexity index is 847. The normalized spacial score (nSPS) is 17.6. The van der Waals surface area contributed by atoms with Crippen molar-refractivity contribution in [1.29, 1.82) is 0 Å². The number of hydrogen-bond acceptors (Lipinski definition) is 3. The van der Waals surface area contributed by atoms with Gasteiger partial charge in [-0.15, -0.1) is 0 Å². The largest absolute Gasteiger partial charge is 0.446 e. The van der Waals surface area contributed by atoms with Crippen molar-refractivity contribution < 1.29 is 27.5 Å². The zero-order valence-electron chi connectivity index (χ0n) is 13.4. The molecular weight excluding hydrogens is 347 g/mol. The first-order valence-electron chi connectivity index (χ1n) is 7.77. The number of alkyl halides is 3. The van der Waals surface area contributed by atoms with Crippen molar-refractivity contribution in [3.63, 3.8) is 0 Å². The number of carbonyl (C=O) groups is 2. The molecule has 1 fully saturated rings. The molecular formula is C19H14F3NO3. The molecule has 1 aliphatic rings. The fraction of sp³-hybridized carbons (Fsp3) is 0.158. The van der Waals surface area contributed by atoms with Gasteiger partial charge in [-0.05, 0) is 23.3 Å². The lowest BCUT2D eigenvalue weighted by molar-refractivity contribution is -0.137. The highest BCUT2D eigenvalue weighted by atomic mass is 19.4. The van der Waals surface area contributed by atoms with E-state index in [1.165, 1.54) is 18.2 Å². The van der Waals surface area contributed by atoms with E-state index in [1.54, 1.807) is 30.3 Å². The van der Waals surface area contributed by atoms with E-state index in [-0.39, 0.29) is 12.2 Å². The van der Waals surface area contributed by atoms with Gasteiger partial charge in [-0.1, -0.05) is 48.5 Å². The van der Waals surface area contributed by atoms with E-state index in [2.05, 4.69) is 0 Å². The Labute approximate surface area is 147 Å². The van der Waals surface area contributed by atoms with Gasteiger partial charge in [-0.25, -0.2) is 9.69 Å². The van der Waals surface area contributed by atoms with E-state index in [9.17, 15) is 22.8 Å². The second kappa shape index (κ2) is 7.03. The average Bonchev–Trinajstić information content (AvgIpc) is 3.01. The number of cyclic esters (lactones) is 1. The molecule has 0 aliphatic carbocycles. The van der Waals surface area contributed by atoms with Crippen LogP contribution in [0.4, 0.5) is 18.0 Å². The molecule has 3 rings (SSSR count). The summed E-state index contributed by atoms with van der Waals surface area (Å²) in [7, 11) is 0. The number of ether oxygens (including phenoxy) is 1. The van der Waals surface area contributed by atoms with Crippen LogP contribution in [0, 0.1) is 0 Å². The highest BCUT2D eigenvalue weighted by Crippen LogP contribution is 2.33. The molecule has 1 atom stereocenters. The van der Waals surface area contributed by atoms with E-state index < -0.39 is 29.8 Å². The van der Waals surface area contributed by atoms with E-state index in [1.807, 2.05) is 0 Å². The van der Waals surface area contributed by atoms with Gasteiger partial charge >= 0.3 is 12.3 Å². The van der Waals surface area contributed by atoms with Crippen molar-refractivity contribution in [3.8, 4) is 0 Å². The van der Waals surface area contributed by atoms with E-state index in [0.29, 0.717) is 5.56 Å². The molecule has 1 saturated heterocycles. The summed E-state index contributed by atoms with van der Waals surface area (Å²) in [4.78, 5) is 25.2. The maximum Gasteiger partial charge on any atom is 0.417 e. The quantitative estimate of drug-likeness (QED) is 0.760. The van der Waals surface area contributed by atoms with Crippen LogP contribution in [0.15, 0.2) is 60.7 Å². The molecule has 1 unspecified atom stereocenters. The summed E-state index contributed by atoms with van der Waals surface area (Å²) in [5.41, 5.74) is -0.305. The van der Waals surface area contributed by atoms with Gasteiger partial charge in [-0.3, -0.25) is 4.79 Å². The molecule has 0 saturated carbocycles. The smallest absolute Gasteiger partial charge is 0.417 e. The van der Waals surface area contributed by atoms with Crippen LogP contribution in [0.3, 0.4) is 0 Å². The highest BCUT2D eigenvalue weighted by Gasteiger charge is 2.38. The molecule has 0 N–H and O–H groups in total. The minimum absolute atomic E-state index is 0.00155. The summed E-state index contributed by atoms with van der Waals surface area (Å²) in [6.45, 7) is 0.00155. The lowest BCUT2D eigenvalue weighted by atomic mass is 10.1. The Balaban J connectivity index is 1.85. The van der Waals surface area contributed by atoms with Crippen LogP contribution < -0.4 is 0 Å². The van der Waals surface area contributed by atoms with Gasteiger partial charge in [0.2, 0.25) is 0 Å². The molecule has 2 amide bonds. The van der Waals surface area contributed by atoms with Crippen molar-refractivity contribution in [2.45, 2.75) is 12.2 Å². The molecule has 2 aromatic rings. The van der Waals surface area contributed by atoms with Gasteiger partial charge in [0.25, 0.3) is 5.91 Å². The lowest BCUT2D eigenvalue weighted by Gasteiger charge is -2.18. The molecule has 0 spiro atoms. The fourth-order valence-corrected chi connectivity index (χ4v) is 2.73. The Morgan fingerprint density at radius 2 is 1.73 bits per heavy atom. The number of carbonyl (C=O) groups excluding carboxylic acids is 2. The molecule has 1 heterocycles. The zero-order chi connectivity index (χ0) is 18.7. The molecule has 7 heteroatoms. The Kier molecular flexibility index (Phi) is 4.79. The van der Waals surface area contributed by atoms with Crippen molar-refractivity contribution in [3.05, 3.63) is 77.4 Å². The summed E-state index contributed by atoms with van der Waals surface area (Å²) in [5.74, 6) is -0.738. The maximum absolute atomic E-state index is 13.0. The average molecular weight is 361 g/mol. The van der Waals surface area contributed by atoms with Crippen LogP contribution in [0.25, 0.3) is 6.08 Å². The molecule has 4 nitrogen and oxygen atoms in total. The van der Waals surface area contributed by atoms with E-state index in [4.69, 9.17) is 4.74 Å². The van der Waals surface area contributed by atoms with Crippen LogP contribution in [-0.2, 0) is 15.7 Å². The minimum atomic E-state index is -4.54. The van der Waals surface area contributed by atoms with E-state index in [0.717, 1.165) is 23.1 Å². The predicted octanol–water partition coefficient (Wildman–Crippen LogP) is 4.44. The summed E-state index contributed by atoms with van der Waals surface area (Å²) in [6, 6.07) is 13.1. The third-order valence-corrected chi connectivity index (χ3v) is 3.97. The first kappa shape index (κ1) is 17.7. The number of benzene rings is 2. The SMILES string of the molecule is O=C(/C=C/c1ccccc1C(F)(F)F)N1C(=O)OCC1c1ccccc1. The van der Waals surface area contributed by atoms with Crippen LogP contribution in [-0.4, -0.2) is 23.5 Å². The predicted molar refractivity (Wildman–Crippen MR) is 87.9 cm³/mol. The number of halogens is 3. The summed E-state index contributed by atoms with van der Waals surface area (Å²) in [6.07, 6.45) is -3.35. The fourth-order valence-electron chi connectivity index (χ4n) is 2.73. The van der Waals surface area contributed by atoms with Crippen molar-refractivity contribution >= 4 is 18.1 Å². The standard InChI is InChI=1S/C19H14F3NO3/c20-19(21,22)15-9-5-4-6-13(15)10-11-17(24)23-16(12-26-18(23)25)14-7-2-1-3-8-14/h1-11,16H,12H2/b11-10+. The summed E-state index contributed by atoms with van der Waals surface area (Å²) in [5, 5.41) is 0. The third kappa shape index (κ3) is 3.61. The molecule has 0 radical (unpaired) electrons. The lowest BCUT2D eigenvalue weighted by Crippen LogP contribution is -2.32. The Hall–Kier alpha value is -3.09. The monoisotopic (exact) mass is 361 g/mol. The number of imide groups is 1. The molecule has 2 aromatic carbocycles. The Morgan fingerprint density at radius 3 is 2.42 bits per heavy atom. The number of hydrogen-bond donors (Lipinski definition) is 0. The van der Waals surface area contributed by atoms with Gasteiger partial charge in [0.1, 0.15) is 12.6 Å². The van der Waals surface area contributed by atoms with Crippen LogP contribution in [0.1, 0.15) is 22.7 Å². The van der Waals surface area contributed by atoms with Gasteiger partial charge in [0, 0.05) is 6.08 Å². The molecule has 1 aliphatic heterocycles. The number of rotatable bonds is 3. The van der Waals surface area contributed by atoms with Crippen molar-refractivity contribution in [2.24, 2.45) is 0 Å². The van der Waals surface area contributed by atoms with Gasteiger partial charge in [-0.2, -0.15) is 13.2 Å². The minimum Gasteiger partial charge on any atom is -0.446 e. The maximum atomic E-state index is 13.0. The zero-order valence-corrected chi connectivity index (χ0v) is 13.4. The van der Waals surface area contributed by atoms with Gasteiger partial charge < -0.3 is 4.74 Å². The van der Waals surface area contributed by atoms with Gasteiger partial charge in [0.05, 0.1) is 5.56 Å². The molecule has 134 valence electrons. The summed E-state index contributed by atoms with van der Waals surface area (Å²) >= 11 is 0. The Morgan fingerprint density at radius 1 is 1.08 bits per heavy atom. The van der Waals surface area contributed by atoms with Crippen LogP contribution in [0.5, 0.6) is 0 Å². The summed E-state index contributed by atoms with van der Waals surface area (Å²) < 4.78 is 44.0. The van der Waals surface area contributed by atoms with Crippen LogP contribution >= 0.6 is 0 Å². The molecule has 0 bridgehead atoms. The second-order valence-electron chi connectivity index (χ2n) is 5.63. The molecule has 26 heavy (non-hydrogen) atoms. The first-order chi connectivity index (χ1) is 12.4. The topological polar surface area (TPSA) is 46.6 Å². The van der Waals surface area contributed by atoms with Crippen molar-refractivity contribution in [2.75, 3.05) is 6.61 Å². The molecule has 0 aromatic heterocycles. The van der Waals surface area contributed by atoms with E-state index >= 15 is 0 Å². The third-order valence-electron chi connectivity index (χ3n) is 3.97. The van der Waals surface area contributed by atoms with Crippen molar-refractivity contribution in [1.82, 2.24) is 4.90 Å².